The lowest BCUT2D eigenvalue weighted by Crippen LogP contribution is -2.31. The van der Waals surface area contributed by atoms with Crippen LogP contribution in [0.3, 0.4) is 0 Å². The highest BCUT2D eigenvalue weighted by Crippen LogP contribution is 2.41. The molecule has 8 nitrogen and oxygen atoms in total. The molecule has 186 valence electrons. The molecule has 2 heterocycles. The van der Waals surface area contributed by atoms with Crippen molar-refractivity contribution < 1.29 is 28.7 Å². The van der Waals surface area contributed by atoms with Crippen molar-refractivity contribution in [1.29, 1.82) is 0 Å². The Bertz CT molecular complexity index is 1240. The van der Waals surface area contributed by atoms with Crippen molar-refractivity contribution in [3.8, 4) is 11.5 Å². The van der Waals surface area contributed by atoms with E-state index in [-0.39, 0.29) is 54.2 Å². The van der Waals surface area contributed by atoms with Gasteiger partial charge in [-0.05, 0) is 55.7 Å². The van der Waals surface area contributed by atoms with Gasteiger partial charge in [-0.25, -0.2) is 0 Å². The molecule has 4 atom stereocenters. The minimum Gasteiger partial charge on any atom is -0.492 e. The van der Waals surface area contributed by atoms with E-state index in [1.807, 2.05) is 38.1 Å². The normalized spacial score (nSPS) is 25.3. The van der Waals surface area contributed by atoms with Crippen molar-refractivity contribution in [3.63, 3.8) is 0 Å². The molecule has 3 aliphatic rings. The first-order valence-electron chi connectivity index (χ1n) is 12.3. The first-order valence-corrected chi connectivity index (χ1v) is 12.3. The molecule has 8 heteroatoms. The van der Waals surface area contributed by atoms with Gasteiger partial charge in [0.25, 0.3) is 0 Å². The summed E-state index contributed by atoms with van der Waals surface area (Å²) in [5.41, 5.74) is 1.09. The molecule has 0 saturated carbocycles. The number of imide groups is 1. The second kappa shape index (κ2) is 9.60. The number of nitrogens with zero attached hydrogens (tertiary/aromatic N) is 2. The van der Waals surface area contributed by atoms with Crippen molar-refractivity contribution in [2.75, 3.05) is 23.0 Å². The fourth-order valence-electron chi connectivity index (χ4n) is 5.32. The summed E-state index contributed by atoms with van der Waals surface area (Å²) in [4.78, 5) is 54.2. The van der Waals surface area contributed by atoms with Gasteiger partial charge in [-0.3, -0.25) is 24.1 Å². The van der Waals surface area contributed by atoms with Crippen LogP contribution in [-0.4, -0.2) is 36.8 Å². The Morgan fingerprint density at radius 3 is 2.50 bits per heavy atom. The van der Waals surface area contributed by atoms with Crippen LogP contribution in [0.2, 0.25) is 0 Å². The van der Waals surface area contributed by atoms with Crippen LogP contribution in [0.4, 0.5) is 11.4 Å². The lowest BCUT2D eigenvalue weighted by Gasteiger charge is -2.22. The number of ether oxygens (including phenoxy) is 2. The van der Waals surface area contributed by atoms with E-state index in [4.69, 9.17) is 9.47 Å². The number of esters is 1. The third-order valence-corrected chi connectivity index (χ3v) is 7.10. The Morgan fingerprint density at radius 1 is 1.03 bits per heavy atom. The second-order valence-electron chi connectivity index (χ2n) is 9.39. The van der Waals surface area contributed by atoms with Crippen molar-refractivity contribution in [2.45, 2.75) is 26.7 Å². The summed E-state index contributed by atoms with van der Waals surface area (Å²) in [6.07, 6.45) is 4.57. The zero-order valence-electron chi connectivity index (χ0n) is 20.3. The van der Waals surface area contributed by atoms with E-state index >= 15 is 0 Å². The Kier molecular flexibility index (Phi) is 6.35. The summed E-state index contributed by atoms with van der Waals surface area (Å²) >= 11 is 0. The van der Waals surface area contributed by atoms with Crippen LogP contribution in [-0.2, 0) is 19.2 Å². The molecule has 3 amide bonds. The largest absolute Gasteiger partial charge is 0.492 e. The molecule has 5 rings (SSSR count). The van der Waals surface area contributed by atoms with E-state index < -0.39 is 11.9 Å². The number of benzene rings is 2. The first kappa shape index (κ1) is 23.8. The summed E-state index contributed by atoms with van der Waals surface area (Å²) in [6.45, 7) is 4.49. The lowest BCUT2D eigenvalue weighted by molar-refractivity contribution is -0.139. The number of para-hydroxylation sites is 2. The predicted molar refractivity (Wildman–Crippen MR) is 133 cm³/mol. The Labute approximate surface area is 209 Å². The van der Waals surface area contributed by atoms with Gasteiger partial charge in [-0.1, -0.05) is 31.2 Å². The average molecular weight is 489 g/mol. The minimum absolute atomic E-state index is 0.0135. The van der Waals surface area contributed by atoms with Gasteiger partial charge in [0.2, 0.25) is 17.7 Å². The van der Waals surface area contributed by atoms with Gasteiger partial charge in [-0.15, -0.1) is 0 Å². The van der Waals surface area contributed by atoms with E-state index in [0.29, 0.717) is 30.2 Å². The third-order valence-electron chi connectivity index (χ3n) is 7.10. The molecule has 2 aliphatic heterocycles. The van der Waals surface area contributed by atoms with E-state index in [2.05, 4.69) is 0 Å². The molecular formula is C28H28N2O6. The lowest BCUT2D eigenvalue weighted by atomic mass is 9.78. The van der Waals surface area contributed by atoms with Gasteiger partial charge < -0.3 is 14.4 Å². The van der Waals surface area contributed by atoms with E-state index in [9.17, 15) is 19.2 Å². The molecule has 2 aromatic carbocycles. The van der Waals surface area contributed by atoms with E-state index in [1.165, 1.54) is 4.90 Å². The summed E-state index contributed by atoms with van der Waals surface area (Å²) in [5.74, 6) is -1.45. The maximum Gasteiger partial charge on any atom is 0.316 e. The number of carbonyl (C=O) groups excluding carboxylic acids is 4. The highest BCUT2D eigenvalue weighted by Gasteiger charge is 2.50. The molecule has 0 spiro atoms. The molecule has 2 fully saturated rings. The molecule has 0 N–H and O–H groups in total. The van der Waals surface area contributed by atoms with Crippen molar-refractivity contribution in [1.82, 2.24) is 0 Å². The number of allylic oxidation sites excluding steroid dienone is 2. The minimum atomic E-state index is -0.620. The van der Waals surface area contributed by atoms with E-state index in [0.717, 1.165) is 0 Å². The molecule has 36 heavy (non-hydrogen) atoms. The number of carbonyl (C=O) groups is 4. The topological polar surface area (TPSA) is 93.2 Å². The van der Waals surface area contributed by atoms with Crippen LogP contribution >= 0.6 is 0 Å². The van der Waals surface area contributed by atoms with Crippen LogP contribution in [0.15, 0.2) is 60.7 Å². The van der Waals surface area contributed by atoms with Gasteiger partial charge in [0, 0.05) is 13.0 Å². The highest BCUT2D eigenvalue weighted by molar-refractivity contribution is 6.22. The molecule has 2 aromatic rings. The molecule has 1 aliphatic carbocycles. The van der Waals surface area contributed by atoms with Crippen molar-refractivity contribution in [2.24, 2.45) is 23.7 Å². The number of anilines is 2. The fourth-order valence-corrected chi connectivity index (χ4v) is 5.32. The van der Waals surface area contributed by atoms with Crippen LogP contribution in [0.1, 0.15) is 26.7 Å². The molecular weight excluding hydrogens is 460 g/mol. The fraction of sp³-hybridized carbons (Fsp3) is 0.357. The molecule has 0 radical (unpaired) electrons. The molecule has 0 unspecified atom stereocenters. The SMILES string of the molecule is CCOc1ccccc1N1C[C@H](C(=O)Oc2ccc(N3C(=O)[C@H]4[C@@H](C)C=CC[C@H]4C3=O)cc2)CC1=O. The van der Waals surface area contributed by atoms with Crippen LogP contribution in [0.25, 0.3) is 0 Å². The monoisotopic (exact) mass is 488 g/mol. The summed E-state index contributed by atoms with van der Waals surface area (Å²) < 4.78 is 11.2. The second-order valence-corrected chi connectivity index (χ2v) is 9.39. The van der Waals surface area contributed by atoms with Gasteiger partial charge in [-0.2, -0.15) is 0 Å². The molecule has 0 aromatic heterocycles. The van der Waals surface area contributed by atoms with Crippen molar-refractivity contribution >= 4 is 35.1 Å². The third kappa shape index (κ3) is 4.17. The van der Waals surface area contributed by atoms with Gasteiger partial charge in [0.1, 0.15) is 11.5 Å². The van der Waals surface area contributed by atoms with Gasteiger partial charge in [0.05, 0.1) is 35.7 Å². The zero-order valence-corrected chi connectivity index (χ0v) is 20.3. The van der Waals surface area contributed by atoms with Crippen molar-refractivity contribution in [3.05, 3.63) is 60.7 Å². The average Bonchev–Trinajstić information content (AvgIpc) is 3.38. The number of hydrogen-bond acceptors (Lipinski definition) is 6. The number of amides is 3. The number of hydrogen-bond donors (Lipinski definition) is 0. The maximum atomic E-state index is 13.0. The number of rotatable bonds is 6. The summed E-state index contributed by atoms with van der Waals surface area (Å²) in [5, 5.41) is 0. The van der Waals surface area contributed by atoms with Crippen LogP contribution in [0.5, 0.6) is 11.5 Å². The predicted octanol–water partition coefficient (Wildman–Crippen LogP) is 3.75. The maximum absolute atomic E-state index is 13.0. The quantitative estimate of drug-likeness (QED) is 0.266. The zero-order chi connectivity index (χ0) is 25.4. The van der Waals surface area contributed by atoms with Crippen LogP contribution in [0, 0.1) is 23.7 Å². The van der Waals surface area contributed by atoms with E-state index in [1.54, 1.807) is 41.3 Å². The Balaban J connectivity index is 1.25. The first-order chi connectivity index (χ1) is 17.4. The molecule has 2 saturated heterocycles. The van der Waals surface area contributed by atoms with Gasteiger partial charge >= 0.3 is 5.97 Å². The smallest absolute Gasteiger partial charge is 0.316 e. The standard InChI is InChI=1S/C28H28N2O6/c1-3-35-23-10-5-4-9-22(23)29-16-18(15-24(29)31)28(34)36-20-13-11-19(12-14-20)30-26(32)21-8-6-7-17(2)25(21)27(30)33/h4-7,9-14,17-18,21,25H,3,8,15-16H2,1-2H3/t17-,18+,21+,25-/m0/s1. The summed E-state index contributed by atoms with van der Waals surface area (Å²) in [7, 11) is 0. The highest BCUT2D eigenvalue weighted by atomic mass is 16.5. The Morgan fingerprint density at radius 2 is 1.78 bits per heavy atom. The molecule has 0 bridgehead atoms. The Hall–Kier alpha value is -3.94. The summed E-state index contributed by atoms with van der Waals surface area (Å²) in [6, 6.07) is 13.6. The van der Waals surface area contributed by atoms with Crippen LogP contribution < -0.4 is 19.3 Å². The van der Waals surface area contributed by atoms with Gasteiger partial charge in [0.15, 0.2) is 0 Å². The number of fused-ring (bicyclic) bond motifs is 1.